The zero-order valence-corrected chi connectivity index (χ0v) is 16.4. The van der Waals surface area contributed by atoms with Crippen LogP contribution in [0.25, 0.3) is 23.1 Å². The number of rotatable bonds is 5. The van der Waals surface area contributed by atoms with E-state index in [1.807, 2.05) is 64.9 Å². The standard InChI is InChI=1S/C22H20BN4S/c1-28(23)27-22-15-19(25-18-9-5-8-17(24)14-18)11-12-20(22)21(26-27)13-10-16-6-3-2-4-7-16/h2-15,25H,24H2,1H3/b13-10+. The van der Waals surface area contributed by atoms with E-state index in [9.17, 15) is 0 Å². The number of nitrogen functional groups attached to an aromatic ring is 1. The quantitative estimate of drug-likeness (QED) is 0.364. The predicted octanol–water partition coefficient (Wildman–Crippen LogP) is 5.28. The van der Waals surface area contributed by atoms with E-state index in [4.69, 9.17) is 17.6 Å². The van der Waals surface area contributed by atoms with E-state index < -0.39 is 10.5 Å². The van der Waals surface area contributed by atoms with Gasteiger partial charge < -0.3 is 0 Å². The van der Waals surface area contributed by atoms with Gasteiger partial charge in [-0.15, -0.1) is 0 Å². The molecule has 0 saturated heterocycles. The number of nitrogens with one attached hydrogen (secondary N) is 1. The molecule has 1 unspecified atom stereocenters. The van der Waals surface area contributed by atoms with E-state index >= 15 is 0 Å². The summed E-state index contributed by atoms with van der Waals surface area (Å²) >= 11 is 0. The first-order chi connectivity index (χ1) is 13.6. The molecular formula is C22H20BN4S. The number of hydrogen-bond acceptors (Lipinski definition) is 3. The van der Waals surface area contributed by atoms with Crippen LogP contribution in [0.5, 0.6) is 0 Å². The maximum absolute atomic E-state index is 6.19. The van der Waals surface area contributed by atoms with Crippen molar-refractivity contribution in [3.8, 4) is 0 Å². The average Bonchev–Trinajstić information content (AvgIpc) is 3.05. The first-order valence-electron chi connectivity index (χ1n) is 8.89. The molecule has 4 aromatic rings. The first-order valence-corrected chi connectivity index (χ1v) is 10.5. The molecule has 6 heteroatoms. The first kappa shape index (κ1) is 18.3. The Labute approximate surface area is 168 Å². The van der Waals surface area contributed by atoms with Gasteiger partial charge in [-0.25, -0.2) is 0 Å². The van der Waals surface area contributed by atoms with Crippen molar-refractivity contribution in [3.63, 3.8) is 0 Å². The summed E-state index contributed by atoms with van der Waals surface area (Å²) in [5, 5.41) is 9.19. The molecular weight excluding hydrogens is 363 g/mol. The summed E-state index contributed by atoms with van der Waals surface area (Å²) in [7, 11) is -0.515. The van der Waals surface area contributed by atoms with Crippen molar-refractivity contribution in [2.45, 2.75) is 0 Å². The second-order valence-corrected chi connectivity index (χ2v) is 7.90. The minimum absolute atomic E-state index is 0.515. The van der Waals surface area contributed by atoms with Gasteiger partial charge in [0.25, 0.3) is 0 Å². The van der Waals surface area contributed by atoms with Crippen LogP contribution in [0.4, 0.5) is 17.1 Å². The molecule has 0 bridgehead atoms. The van der Waals surface area contributed by atoms with Gasteiger partial charge in [0.1, 0.15) is 0 Å². The predicted molar refractivity (Wildman–Crippen MR) is 124 cm³/mol. The van der Waals surface area contributed by atoms with Gasteiger partial charge in [0.15, 0.2) is 0 Å². The summed E-state index contributed by atoms with van der Waals surface area (Å²) in [5.74, 6) is 0. The molecule has 0 amide bonds. The fourth-order valence-electron chi connectivity index (χ4n) is 3.05. The molecule has 1 heterocycles. The molecule has 0 aliphatic carbocycles. The second kappa shape index (κ2) is 7.86. The monoisotopic (exact) mass is 383 g/mol. The summed E-state index contributed by atoms with van der Waals surface area (Å²) < 4.78 is 1.88. The number of anilines is 3. The third kappa shape index (κ3) is 3.92. The number of nitrogens with zero attached hydrogens (tertiary/aromatic N) is 2. The molecule has 3 aromatic carbocycles. The van der Waals surface area contributed by atoms with Gasteiger partial charge in [0.05, 0.1) is 0 Å². The average molecular weight is 383 g/mol. The second-order valence-electron chi connectivity index (χ2n) is 6.51. The van der Waals surface area contributed by atoms with Crippen LogP contribution in [0, 0.1) is 0 Å². The van der Waals surface area contributed by atoms with Crippen molar-refractivity contribution < 1.29 is 0 Å². The third-order valence-electron chi connectivity index (χ3n) is 4.36. The Hall–Kier alpha value is -3.12. The third-order valence-corrected chi connectivity index (χ3v) is 5.18. The number of nitrogens with two attached hydrogens (primary N) is 1. The molecule has 1 aromatic heterocycles. The zero-order chi connectivity index (χ0) is 19.5. The van der Waals surface area contributed by atoms with Crippen LogP contribution in [-0.4, -0.2) is 22.2 Å². The topological polar surface area (TPSA) is 55.9 Å². The normalized spacial score (nSPS) is 12.4. The Balaban J connectivity index is 1.73. The van der Waals surface area contributed by atoms with Crippen molar-refractivity contribution in [2.24, 2.45) is 0 Å². The van der Waals surface area contributed by atoms with E-state index in [-0.39, 0.29) is 0 Å². The van der Waals surface area contributed by atoms with Crippen LogP contribution in [-0.2, 0) is 0 Å². The van der Waals surface area contributed by atoms with Gasteiger partial charge in [-0.1, -0.05) is 0 Å². The number of aromatic nitrogens is 2. The van der Waals surface area contributed by atoms with E-state index in [1.54, 1.807) is 0 Å². The van der Waals surface area contributed by atoms with Gasteiger partial charge in [-0.2, -0.15) is 0 Å². The van der Waals surface area contributed by atoms with E-state index in [1.165, 1.54) is 0 Å². The van der Waals surface area contributed by atoms with Gasteiger partial charge in [0.2, 0.25) is 0 Å². The molecule has 3 N–H and O–H groups in total. The molecule has 4 nitrogen and oxygen atoms in total. The van der Waals surface area contributed by atoms with Crippen LogP contribution in [0.2, 0.25) is 0 Å². The van der Waals surface area contributed by atoms with Crippen molar-refractivity contribution in [1.29, 1.82) is 0 Å². The summed E-state index contributed by atoms with van der Waals surface area (Å²) in [5.41, 5.74) is 11.5. The maximum atomic E-state index is 6.19. The molecule has 28 heavy (non-hydrogen) atoms. The van der Waals surface area contributed by atoms with Gasteiger partial charge in [-0.05, 0) is 0 Å². The Bertz CT molecular complexity index is 1180. The van der Waals surface area contributed by atoms with Crippen molar-refractivity contribution in [3.05, 3.63) is 84.1 Å². The van der Waals surface area contributed by atoms with Crippen molar-refractivity contribution >= 4 is 57.3 Å². The van der Waals surface area contributed by atoms with Crippen LogP contribution < -0.4 is 11.1 Å². The molecule has 0 spiro atoms. The summed E-state index contributed by atoms with van der Waals surface area (Å²) in [4.78, 5) is 0. The summed E-state index contributed by atoms with van der Waals surface area (Å²) in [6.07, 6.45) is 6.05. The summed E-state index contributed by atoms with van der Waals surface area (Å²) in [6.45, 7) is 6.19. The molecule has 0 aliphatic heterocycles. The Kier molecular flexibility index (Phi) is 5.13. The molecule has 1 atom stereocenters. The molecule has 1 radical (unpaired) electrons. The fourth-order valence-corrected chi connectivity index (χ4v) is 3.73. The number of hydrogen-bond donors (Lipinski definition) is 2. The van der Waals surface area contributed by atoms with E-state index in [2.05, 4.69) is 35.7 Å². The fraction of sp³-hybridized carbons (Fsp3) is 0.0455. The van der Waals surface area contributed by atoms with E-state index in [0.717, 1.165) is 39.2 Å². The molecule has 137 valence electrons. The summed E-state index contributed by atoms with van der Waals surface area (Å²) in [6, 6.07) is 24.1. The van der Waals surface area contributed by atoms with Gasteiger partial charge in [0, 0.05) is 0 Å². The minimum atomic E-state index is -0.515. The van der Waals surface area contributed by atoms with Crippen LogP contribution in [0.15, 0.2) is 72.8 Å². The Morgan fingerprint density at radius 3 is 2.50 bits per heavy atom. The van der Waals surface area contributed by atoms with Gasteiger partial charge >= 0.3 is 168 Å². The van der Waals surface area contributed by atoms with Crippen LogP contribution in [0.3, 0.4) is 0 Å². The van der Waals surface area contributed by atoms with Crippen molar-refractivity contribution in [1.82, 2.24) is 9.19 Å². The van der Waals surface area contributed by atoms with Crippen LogP contribution >= 0.6 is 10.5 Å². The number of fused-ring (bicyclic) bond motifs is 1. The molecule has 4 rings (SSSR count). The Morgan fingerprint density at radius 1 is 0.964 bits per heavy atom. The van der Waals surface area contributed by atoms with Crippen molar-refractivity contribution in [2.75, 3.05) is 17.3 Å². The van der Waals surface area contributed by atoms with E-state index in [0.29, 0.717) is 0 Å². The Morgan fingerprint density at radius 2 is 1.75 bits per heavy atom. The molecule has 0 aliphatic rings. The SMILES string of the molecule is [B]=S(C)n1nc(/C=C/c2ccccc2)c2ccc(Nc3cccc(N)c3)cc21. The zero-order valence-electron chi connectivity index (χ0n) is 15.5. The molecule has 0 saturated carbocycles. The van der Waals surface area contributed by atoms with Gasteiger partial charge in [-0.3, -0.25) is 0 Å². The number of benzene rings is 3. The molecule has 0 fully saturated rings. The van der Waals surface area contributed by atoms with Crippen LogP contribution in [0.1, 0.15) is 11.3 Å².